The van der Waals surface area contributed by atoms with Gasteiger partial charge < -0.3 is 20.0 Å². The number of amides is 3. The summed E-state index contributed by atoms with van der Waals surface area (Å²) in [4.78, 5) is 30.7. The molecule has 1 aliphatic rings. The van der Waals surface area contributed by atoms with E-state index in [0.29, 0.717) is 26.1 Å². The predicted octanol–water partition coefficient (Wildman–Crippen LogP) is 3.11. The van der Waals surface area contributed by atoms with Crippen LogP contribution in [0.3, 0.4) is 0 Å². The summed E-state index contributed by atoms with van der Waals surface area (Å²) in [6.45, 7) is 3.48. The summed E-state index contributed by atoms with van der Waals surface area (Å²) in [5.41, 5.74) is 1.87. The van der Waals surface area contributed by atoms with Crippen LogP contribution >= 0.6 is 12.6 Å². The molecule has 1 aliphatic heterocycles. The number of thiol groups is 1. The number of hydrogen-bond acceptors (Lipinski definition) is 3. The average Bonchev–Trinajstić information content (AvgIpc) is 2.73. The van der Waals surface area contributed by atoms with Crippen LogP contribution in [0.15, 0.2) is 60.7 Å². The maximum absolute atomic E-state index is 12.9. The van der Waals surface area contributed by atoms with Crippen LogP contribution in [0.1, 0.15) is 5.56 Å². The SMILES string of the molecule is CN1CCN(C(=O)NC(Cc2ccccc2)CN(C(=O)S)c2ccccc2)CC1. The van der Waals surface area contributed by atoms with Crippen LogP contribution in [-0.4, -0.2) is 66.9 Å². The van der Waals surface area contributed by atoms with Crippen molar-refractivity contribution in [1.29, 1.82) is 0 Å². The number of carbonyl (C=O) groups excluding carboxylic acids is 2. The minimum absolute atomic E-state index is 0.0846. The van der Waals surface area contributed by atoms with Crippen LogP contribution in [-0.2, 0) is 6.42 Å². The number of carbonyl (C=O) groups is 2. The second kappa shape index (κ2) is 10.3. The first-order valence-electron chi connectivity index (χ1n) is 9.86. The third kappa shape index (κ3) is 6.24. The number of benzene rings is 2. The van der Waals surface area contributed by atoms with E-state index in [9.17, 15) is 9.59 Å². The molecule has 2 aromatic rings. The summed E-state index contributed by atoms with van der Waals surface area (Å²) in [6, 6.07) is 19.1. The Morgan fingerprint density at radius 3 is 2.17 bits per heavy atom. The number of likely N-dealkylation sites (N-methyl/N-ethyl adjacent to an activating group) is 1. The van der Waals surface area contributed by atoms with Gasteiger partial charge in [-0.25, -0.2) is 4.79 Å². The number of para-hydroxylation sites is 1. The van der Waals surface area contributed by atoms with E-state index in [-0.39, 0.29) is 17.3 Å². The van der Waals surface area contributed by atoms with E-state index in [2.05, 4.69) is 29.9 Å². The van der Waals surface area contributed by atoms with Crippen LogP contribution in [0.5, 0.6) is 0 Å². The lowest BCUT2D eigenvalue weighted by Crippen LogP contribution is -2.55. The molecule has 1 unspecified atom stereocenters. The third-order valence-electron chi connectivity index (χ3n) is 5.14. The quantitative estimate of drug-likeness (QED) is 0.717. The Bertz CT molecular complexity index is 795. The number of nitrogens with one attached hydrogen (secondary N) is 1. The van der Waals surface area contributed by atoms with E-state index < -0.39 is 0 Å². The minimum atomic E-state index is -0.344. The van der Waals surface area contributed by atoms with Crippen molar-refractivity contribution in [2.75, 3.05) is 44.7 Å². The van der Waals surface area contributed by atoms with Crippen molar-refractivity contribution in [3.05, 3.63) is 66.2 Å². The van der Waals surface area contributed by atoms with E-state index in [4.69, 9.17) is 0 Å². The highest BCUT2D eigenvalue weighted by molar-refractivity contribution is 7.96. The third-order valence-corrected chi connectivity index (χ3v) is 5.39. The topological polar surface area (TPSA) is 55.9 Å². The molecule has 6 nitrogen and oxygen atoms in total. The van der Waals surface area contributed by atoms with Crippen LogP contribution in [0, 0.1) is 0 Å². The normalized spacial score (nSPS) is 15.6. The van der Waals surface area contributed by atoms with Gasteiger partial charge in [-0.15, -0.1) is 0 Å². The number of rotatable bonds is 6. The zero-order valence-electron chi connectivity index (χ0n) is 16.7. The molecule has 0 radical (unpaired) electrons. The lowest BCUT2D eigenvalue weighted by molar-refractivity contribution is 0.152. The molecule has 1 fully saturated rings. The van der Waals surface area contributed by atoms with Gasteiger partial charge in [0, 0.05) is 38.4 Å². The van der Waals surface area contributed by atoms with Gasteiger partial charge in [0.2, 0.25) is 0 Å². The van der Waals surface area contributed by atoms with Gasteiger partial charge in [0.15, 0.2) is 0 Å². The number of nitrogens with zero attached hydrogens (tertiary/aromatic N) is 3. The lowest BCUT2D eigenvalue weighted by atomic mass is 10.1. The van der Waals surface area contributed by atoms with Crippen molar-refractivity contribution in [3.8, 4) is 0 Å². The Morgan fingerprint density at radius 1 is 1.00 bits per heavy atom. The molecule has 1 heterocycles. The fraction of sp³-hybridized carbons (Fsp3) is 0.364. The summed E-state index contributed by atoms with van der Waals surface area (Å²) in [7, 11) is 2.06. The number of piperazine rings is 1. The average molecular weight is 413 g/mol. The predicted molar refractivity (Wildman–Crippen MR) is 120 cm³/mol. The molecule has 154 valence electrons. The van der Waals surface area contributed by atoms with Crippen LogP contribution < -0.4 is 10.2 Å². The largest absolute Gasteiger partial charge is 0.333 e. The molecule has 0 aromatic heterocycles. The summed E-state index contributed by atoms with van der Waals surface area (Å²) in [6.07, 6.45) is 0.630. The van der Waals surface area contributed by atoms with Gasteiger partial charge in [0.1, 0.15) is 0 Å². The van der Waals surface area contributed by atoms with Crippen LogP contribution in [0.4, 0.5) is 15.3 Å². The molecule has 1 atom stereocenters. The molecule has 3 amide bonds. The maximum Gasteiger partial charge on any atom is 0.317 e. The Labute approximate surface area is 177 Å². The zero-order chi connectivity index (χ0) is 20.6. The van der Waals surface area contributed by atoms with E-state index in [1.807, 2.05) is 65.6 Å². The lowest BCUT2D eigenvalue weighted by Gasteiger charge is -2.34. The molecular formula is C22H28N4O2S. The highest BCUT2D eigenvalue weighted by Gasteiger charge is 2.24. The first-order chi connectivity index (χ1) is 14.0. The molecule has 29 heavy (non-hydrogen) atoms. The number of anilines is 1. The molecular weight excluding hydrogens is 384 g/mol. The van der Waals surface area contributed by atoms with E-state index in [1.165, 1.54) is 0 Å². The molecule has 7 heteroatoms. The van der Waals surface area contributed by atoms with Crippen molar-refractivity contribution in [1.82, 2.24) is 15.1 Å². The number of urea groups is 1. The molecule has 0 spiro atoms. The monoisotopic (exact) mass is 412 g/mol. The van der Waals surface area contributed by atoms with Gasteiger partial charge in [0.05, 0.1) is 6.04 Å². The summed E-state index contributed by atoms with van der Waals surface area (Å²) < 4.78 is 0. The molecule has 2 aromatic carbocycles. The van der Waals surface area contributed by atoms with Crippen molar-refractivity contribution in [2.45, 2.75) is 12.5 Å². The van der Waals surface area contributed by atoms with Gasteiger partial charge >= 0.3 is 6.03 Å². The van der Waals surface area contributed by atoms with Crippen molar-refractivity contribution in [3.63, 3.8) is 0 Å². The summed E-state index contributed by atoms with van der Waals surface area (Å²) >= 11 is 4.07. The Kier molecular flexibility index (Phi) is 7.55. The smallest absolute Gasteiger partial charge is 0.317 e. The Morgan fingerprint density at radius 2 is 1.59 bits per heavy atom. The fourth-order valence-corrected chi connectivity index (χ4v) is 3.65. The molecule has 0 aliphatic carbocycles. The second-order valence-electron chi connectivity index (χ2n) is 7.36. The minimum Gasteiger partial charge on any atom is -0.333 e. The molecule has 1 N–H and O–H groups in total. The summed E-state index contributed by atoms with van der Waals surface area (Å²) in [5, 5.41) is 2.80. The maximum atomic E-state index is 12.9. The molecule has 0 saturated carbocycles. The fourth-order valence-electron chi connectivity index (χ4n) is 3.46. The zero-order valence-corrected chi connectivity index (χ0v) is 17.6. The van der Waals surface area contributed by atoms with Crippen LogP contribution in [0.2, 0.25) is 0 Å². The van der Waals surface area contributed by atoms with Crippen molar-refractivity contribution in [2.24, 2.45) is 0 Å². The number of hydrogen-bond donors (Lipinski definition) is 2. The second-order valence-corrected chi connectivity index (χ2v) is 7.74. The first-order valence-corrected chi connectivity index (χ1v) is 10.3. The molecule has 1 saturated heterocycles. The van der Waals surface area contributed by atoms with E-state index in [1.54, 1.807) is 4.90 Å². The summed E-state index contributed by atoms with van der Waals surface area (Å²) in [5.74, 6) is 0. The van der Waals surface area contributed by atoms with Crippen molar-refractivity contribution >= 4 is 29.6 Å². The first kappa shape index (κ1) is 21.2. The van der Waals surface area contributed by atoms with Crippen molar-refractivity contribution < 1.29 is 9.59 Å². The van der Waals surface area contributed by atoms with E-state index in [0.717, 1.165) is 24.3 Å². The molecule has 0 bridgehead atoms. The van der Waals surface area contributed by atoms with Gasteiger partial charge in [-0.1, -0.05) is 61.2 Å². The Hall–Kier alpha value is -2.51. The van der Waals surface area contributed by atoms with Gasteiger partial charge in [0.25, 0.3) is 5.24 Å². The standard InChI is InChI=1S/C22H28N4O2S/c1-24-12-14-25(15-13-24)21(27)23-19(16-18-8-4-2-5-9-18)17-26(22(28)29)20-10-6-3-7-11-20/h2-11,19H,12-17H2,1H3,(H,23,27)(H,28,29). The van der Waals surface area contributed by atoms with Gasteiger partial charge in [-0.2, -0.15) is 0 Å². The highest BCUT2D eigenvalue weighted by atomic mass is 32.1. The highest BCUT2D eigenvalue weighted by Crippen LogP contribution is 2.17. The van der Waals surface area contributed by atoms with Gasteiger partial charge in [-0.05, 0) is 31.2 Å². The van der Waals surface area contributed by atoms with Crippen LogP contribution in [0.25, 0.3) is 0 Å². The van der Waals surface area contributed by atoms with E-state index >= 15 is 0 Å². The molecule has 3 rings (SSSR count). The Balaban J connectivity index is 1.74. The van der Waals surface area contributed by atoms with Gasteiger partial charge in [-0.3, -0.25) is 4.79 Å².